The normalized spacial score (nSPS) is 16.6. The number of rotatable bonds is 6. The van der Waals surface area contributed by atoms with Crippen LogP contribution in [0, 0.1) is 0 Å². The molecule has 2 N–H and O–H groups in total. The Hall–Kier alpha value is -2.71. The van der Waals surface area contributed by atoms with Gasteiger partial charge in [-0.2, -0.15) is 12.8 Å². The molecule has 2 aromatic rings. The lowest BCUT2D eigenvalue weighted by Crippen LogP contribution is -2.32. The van der Waals surface area contributed by atoms with Crippen molar-refractivity contribution in [3.05, 3.63) is 65.2 Å². The fraction of sp³-hybridized carbons (Fsp3) is 0.316. The van der Waals surface area contributed by atoms with Crippen LogP contribution in [0.4, 0.5) is 0 Å². The van der Waals surface area contributed by atoms with E-state index in [9.17, 15) is 18.3 Å². The lowest BCUT2D eigenvalue weighted by atomic mass is 9.98. The molecule has 0 bridgehead atoms. The molecule has 8 heteroatoms. The maximum absolute atomic E-state index is 12.6. The average molecular weight is 388 g/mol. The molecule has 27 heavy (non-hydrogen) atoms. The molecule has 2 unspecified atom stereocenters. The number of amides is 1. The lowest BCUT2D eigenvalue weighted by Gasteiger charge is -2.27. The first kappa shape index (κ1) is 19.1. The molecule has 7 nitrogen and oxygen atoms in total. The van der Waals surface area contributed by atoms with E-state index < -0.39 is 16.5 Å². The van der Waals surface area contributed by atoms with Gasteiger partial charge in [0.1, 0.15) is 11.8 Å². The molecular weight excluding hydrogens is 368 g/mol. The van der Waals surface area contributed by atoms with Crippen molar-refractivity contribution in [2.75, 3.05) is 6.61 Å². The van der Waals surface area contributed by atoms with Gasteiger partial charge in [0.05, 0.1) is 25.7 Å². The molecule has 0 spiro atoms. The van der Waals surface area contributed by atoms with Crippen molar-refractivity contribution in [3.8, 4) is 5.75 Å². The molecule has 1 amide bonds. The van der Waals surface area contributed by atoms with Gasteiger partial charge >= 0.3 is 10.5 Å². The summed E-state index contributed by atoms with van der Waals surface area (Å²) in [4.78, 5) is 12.6. The minimum atomic E-state index is -2.61. The molecule has 1 aliphatic heterocycles. The number of benzene rings is 2. The number of ether oxygens (including phenoxy) is 1. The molecule has 0 aliphatic carbocycles. The SMILES string of the molecule is O=C(CC(N=S(=O)=O)c1ccccc1)NC1CCOc2cc(CO)ccc21. The summed E-state index contributed by atoms with van der Waals surface area (Å²) in [7, 11) is -2.61. The van der Waals surface area contributed by atoms with Crippen molar-refractivity contribution in [1.82, 2.24) is 5.32 Å². The first-order chi connectivity index (χ1) is 13.1. The highest BCUT2D eigenvalue weighted by Gasteiger charge is 2.25. The lowest BCUT2D eigenvalue weighted by molar-refractivity contribution is -0.122. The maximum Gasteiger partial charge on any atom is 0.311 e. The molecular formula is C19H20N2O5S. The third-order valence-electron chi connectivity index (χ3n) is 4.41. The van der Waals surface area contributed by atoms with Crippen molar-refractivity contribution in [1.29, 1.82) is 0 Å². The fourth-order valence-corrected chi connectivity index (χ4v) is 3.51. The zero-order valence-electron chi connectivity index (χ0n) is 14.5. The Morgan fingerprint density at radius 3 is 2.74 bits per heavy atom. The zero-order valence-corrected chi connectivity index (χ0v) is 15.4. The van der Waals surface area contributed by atoms with Crippen LogP contribution in [-0.4, -0.2) is 26.0 Å². The molecule has 1 heterocycles. The van der Waals surface area contributed by atoms with Crippen LogP contribution in [0.15, 0.2) is 52.9 Å². The van der Waals surface area contributed by atoms with E-state index in [1.165, 1.54) is 0 Å². The summed E-state index contributed by atoms with van der Waals surface area (Å²) >= 11 is 0. The smallest absolute Gasteiger partial charge is 0.311 e. The maximum atomic E-state index is 12.6. The summed E-state index contributed by atoms with van der Waals surface area (Å²) in [6, 6.07) is 13.2. The third kappa shape index (κ3) is 4.93. The Labute approximate surface area is 158 Å². The molecule has 3 rings (SSSR count). The van der Waals surface area contributed by atoms with Crippen LogP contribution in [0.3, 0.4) is 0 Å². The quantitative estimate of drug-likeness (QED) is 0.790. The van der Waals surface area contributed by atoms with Crippen LogP contribution >= 0.6 is 0 Å². The summed E-state index contributed by atoms with van der Waals surface area (Å²) in [6.07, 6.45) is 0.539. The van der Waals surface area contributed by atoms with Crippen molar-refractivity contribution in [2.45, 2.75) is 31.5 Å². The number of aliphatic hydroxyl groups excluding tert-OH is 1. The summed E-state index contributed by atoms with van der Waals surface area (Å²) in [5, 5.41) is 12.2. The Balaban J connectivity index is 1.75. The van der Waals surface area contributed by atoms with E-state index in [0.717, 1.165) is 11.1 Å². The van der Waals surface area contributed by atoms with E-state index in [1.54, 1.807) is 36.4 Å². The van der Waals surface area contributed by atoms with Gasteiger partial charge in [-0.1, -0.05) is 42.5 Å². The van der Waals surface area contributed by atoms with Gasteiger partial charge in [-0.15, -0.1) is 0 Å². The van der Waals surface area contributed by atoms with Crippen LogP contribution < -0.4 is 10.1 Å². The average Bonchev–Trinajstić information content (AvgIpc) is 2.67. The number of aliphatic hydroxyl groups is 1. The highest BCUT2D eigenvalue weighted by Crippen LogP contribution is 2.33. The predicted molar refractivity (Wildman–Crippen MR) is 98.5 cm³/mol. The van der Waals surface area contributed by atoms with Crippen molar-refractivity contribution >= 4 is 16.4 Å². The van der Waals surface area contributed by atoms with E-state index >= 15 is 0 Å². The second kappa shape index (κ2) is 8.79. The molecule has 2 aromatic carbocycles. The van der Waals surface area contributed by atoms with Gasteiger partial charge < -0.3 is 15.2 Å². The molecule has 0 fully saturated rings. The van der Waals surface area contributed by atoms with E-state index in [0.29, 0.717) is 24.3 Å². The molecule has 142 valence electrons. The molecule has 0 radical (unpaired) electrons. The van der Waals surface area contributed by atoms with Crippen LogP contribution in [0.2, 0.25) is 0 Å². The standard InChI is InChI=1S/C19H20N2O5S/c22-12-13-6-7-15-16(8-9-26-18(15)10-13)20-19(23)11-17(21-27(24)25)14-4-2-1-3-5-14/h1-7,10,16-17,22H,8-9,11-12H2,(H,20,23). The van der Waals surface area contributed by atoms with E-state index in [-0.39, 0.29) is 25.0 Å². The van der Waals surface area contributed by atoms with Gasteiger partial charge in [0.25, 0.3) is 0 Å². The Kier molecular flexibility index (Phi) is 6.20. The number of hydrogen-bond acceptors (Lipinski definition) is 6. The minimum Gasteiger partial charge on any atom is -0.493 e. The van der Waals surface area contributed by atoms with Gasteiger partial charge in [-0.05, 0) is 17.2 Å². The first-order valence-corrected chi connectivity index (χ1v) is 9.61. The van der Waals surface area contributed by atoms with Gasteiger partial charge in [-0.25, -0.2) is 0 Å². The van der Waals surface area contributed by atoms with E-state index in [2.05, 4.69) is 9.68 Å². The van der Waals surface area contributed by atoms with Crippen LogP contribution in [0.1, 0.15) is 41.6 Å². The number of nitrogens with zero attached hydrogens (tertiary/aromatic N) is 1. The van der Waals surface area contributed by atoms with Crippen LogP contribution in [-0.2, 0) is 21.9 Å². The molecule has 0 saturated heterocycles. The summed E-state index contributed by atoms with van der Waals surface area (Å²) in [5.74, 6) is 0.352. The molecule has 0 saturated carbocycles. The van der Waals surface area contributed by atoms with Gasteiger partial charge in [0, 0.05) is 12.0 Å². The molecule has 0 aromatic heterocycles. The molecule has 2 atom stereocenters. The van der Waals surface area contributed by atoms with Crippen LogP contribution in [0.5, 0.6) is 5.75 Å². The molecule has 1 aliphatic rings. The highest BCUT2D eigenvalue weighted by atomic mass is 32.2. The van der Waals surface area contributed by atoms with Crippen LogP contribution in [0.25, 0.3) is 0 Å². The van der Waals surface area contributed by atoms with Crippen molar-refractivity contribution in [3.63, 3.8) is 0 Å². The number of carbonyl (C=O) groups is 1. The first-order valence-electron chi connectivity index (χ1n) is 8.58. The van der Waals surface area contributed by atoms with Crippen molar-refractivity contribution < 1.29 is 23.1 Å². The summed E-state index contributed by atoms with van der Waals surface area (Å²) in [6.45, 7) is 0.365. The number of nitrogens with one attached hydrogen (secondary N) is 1. The predicted octanol–water partition coefficient (Wildman–Crippen LogP) is 2.31. The van der Waals surface area contributed by atoms with Crippen molar-refractivity contribution in [2.24, 2.45) is 4.36 Å². The number of hydrogen-bond donors (Lipinski definition) is 2. The number of carbonyl (C=O) groups excluding carboxylic acids is 1. The Bertz CT molecular complexity index is 936. The van der Waals surface area contributed by atoms with E-state index in [4.69, 9.17) is 4.74 Å². The summed E-state index contributed by atoms with van der Waals surface area (Å²) < 4.78 is 31.4. The van der Waals surface area contributed by atoms with Gasteiger partial charge in [0.2, 0.25) is 5.91 Å². The topological polar surface area (TPSA) is 105 Å². The minimum absolute atomic E-state index is 0.0700. The number of fused-ring (bicyclic) bond motifs is 1. The second-order valence-electron chi connectivity index (χ2n) is 6.24. The summed E-state index contributed by atoms with van der Waals surface area (Å²) in [5.41, 5.74) is 2.24. The Morgan fingerprint density at radius 2 is 2.04 bits per heavy atom. The third-order valence-corrected chi connectivity index (χ3v) is 4.84. The zero-order chi connectivity index (χ0) is 19.2. The fourth-order valence-electron chi connectivity index (χ4n) is 3.11. The monoisotopic (exact) mass is 388 g/mol. The largest absolute Gasteiger partial charge is 0.493 e. The van der Waals surface area contributed by atoms with Gasteiger partial charge in [0.15, 0.2) is 0 Å². The van der Waals surface area contributed by atoms with Gasteiger partial charge in [-0.3, -0.25) is 4.79 Å². The Morgan fingerprint density at radius 1 is 1.26 bits per heavy atom. The second-order valence-corrected chi connectivity index (χ2v) is 6.89. The highest BCUT2D eigenvalue weighted by molar-refractivity contribution is 7.61. The van der Waals surface area contributed by atoms with E-state index in [1.807, 2.05) is 12.1 Å².